The van der Waals surface area contributed by atoms with E-state index in [1.54, 1.807) is 0 Å². The summed E-state index contributed by atoms with van der Waals surface area (Å²) in [6.45, 7) is 0.193. The lowest BCUT2D eigenvalue weighted by molar-refractivity contribution is -0.140. The first-order chi connectivity index (χ1) is 6.96. The van der Waals surface area contributed by atoms with Crippen LogP contribution in [0.3, 0.4) is 0 Å². The van der Waals surface area contributed by atoms with Gasteiger partial charge in [-0.25, -0.2) is 0 Å². The monoisotopic (exact) mass is 285 g/mol. The summed E-state index contributed by atoms with van der Waals surface area (Å²) in [6, 6.07) is 0.769. The number of alkyl halides is 4. The van der Waals surface area contributed by atoms with Crippen molar-refractivity contribution in [1.82, 2.24) is 4.90 Å². The Kier molecular flexibility index (Phi) is 3.31. The molecule has 5 heteroatoms. The fraction of sp³-hybridized carbons (Fsp3) is 1.00. The molecular formula is C10H15BrF3N. The Morgan fingerprint density at radius 2 is 1.67 bits per heavy atom. The predicted octanol–water partition coefficient (Wildman–Crippen LogP) is 3.33. The Hall–Kier alpha value is 0.230. The minimum absolute atomic E-state index is 0.193. The fourth-order valence-electron chi connectivity index (χ4n) is 2.83. The van der Waals surface area contributed by atoms with Crippen molar-refractivity contribution in [3.8, 4) is 0 Å². The maximum absolute atomic E-state index is 12.1. The summed E-state index contributed by atoms with van der Waals surface area (Å²) in [5.74, 6) is 0. The van der Waals surface area contributed by atoms with Gasteiger partial charge >= 0.3 is 6.18 Å². The molecule has 0 spiro atoms. The molecule has 0 radical (unpaired) electrons. The van der Waals surface area contributed by atoms with Crippen LogP contribution in [0, 0.1) is 0 Å². The lowest BCUT2D eigenvalue weighted by atomic mass is 10.0. The summed E-state index contributed by atoms with van der Waals surface area (Å²) in [5, 5.41) is 0. The van der Waals surface area contributed by atoms with Crippen LogP contribution in [0.5, 0.6) is 0 Å². The van der Waals surface area contributed by atoms with E-state index in [1.807, 2.05) is 0 Å². The molecule has 2 rings (SSSR count). The van der Waals surface area contributed by atoms with Gasteiger partial charge in [-0.15, -0.1) is 0 Å². The zero-order chi connectivity index (χ0) is 11.1. The summed E-state index contributed by atoms with van der Waals surface area (Å²) in [7, 11) is 0. The van der Waals surface area contributed by atoms with Gasteiger partial charge in [0.05, 0.1) is 6.42 Å². The quantitative estimate of drug-likeness (QED) is 0.704. The van der Waals surface area contributed by atoms with E-state index in [1.165, 1.54) is 0 Å². The highest BCUT2D eigenvalue weighted by atomic mass is 79.9. The van der Waals surface area contributed by atoms with Gasteiger partial charge in [0.1, 0.15) is 0 Å². The molecule has 2 aliphatic heterocycles. The molecule has 2 saturated heterocycles. The van der Waals surface area contributed by atoms with Gasteiger partial charge in [-0.2, -0.15) is 13.2 Å². The fourth-order valence-corrected chi connectivity index (χ4v) is 3.69. The largest absolute Gasteiger partial charge is 0.390 e. The van der Waals surface area contributed by atoms with Crippen molar-refractivity contribution in [1.29, 1.82) is 0 Å². The van der Waals surface area contributed by atoms with E-state index in [0.717, 1.165) is 25.7 Å². The van der Waals surface area contributed by atoms with Gasteiger partial charge in [-0.05, 0) is 25.7 Å². The molecule has 0 amide bonds. The van der Waals surface area contributed by atoms with Crippen LogP contribution in [0.15, 0.2) is 0 Å². The molecule has 2 unspecified atom stereocenters. The molecule has 0 aromatic carbocycles. The minimum Gasteiger partial charge on any atom is -0.297 e. The molecule has 2 aliphatic rings. The number of piperidine rings is 1. The van der Waals surface area contributed by atoms with Crippen LogP contribution in [0.2, 0.25) is 0 Å². The van der Waals surface area contributed by atoms with Crippen LogP contribution < -0.4 is 0 Å². The Morgan fingerprint density at radius 3 is 2.13 bits per heavy atom. The minimum atomic E-state index is -4.01. The Balaban J connectivity index is 1.89. The molecule has 0 aliphatic carbocycles. The summed E-state index contributed by atoms with van der Waals surface area (Å²) in [4.78, 5) is 2.59. The lowest BCUT2D eigenvalue weighted by Gasteiger charge is -2.37. The SMILES string of the molecule is FC(F)(F)CCN1C2CCC1CC(Br)C2. The second kappa shape index (κ2) is 4.24. The van der Waals surface area contributed by atoms with Crippen molar-refractivity contribution in [2.45, 2.75) is 55.2 Å². The maximum atomic E-state index is 12.1. The first kappa shape index (κ1) is 11.7. The highest BCUT2D eigenvalue weighted by Crippen LogP contribution is 2.39. The van der Waals surface area contributed by atoms with Crippen LogP contribution in [-0.2, 0) is 0 Å². The number of rotatable bonds is 2. The second-order valence-corrected chi connectivity index (χ2v) is 5.85. The molecule has 15 heavy (non-hydrogen) atoms. The Labute approximate surface area is 96.1 Å². The number of fused-ring (bicyclic) bond motifs is 2. The number of hydrogen-bond acceptors (Lipinski definition) is 1. The van der Waals surface area contributed by atoms with E-state index in [-0.39, 0.29) is 6.54 Å². The topological polar surface area (TPSA) is 3.24 Å². The summed E-state index contributed by atoms with van der Waals surface area (Å²) in [5.41, 5.74) is 0. The number of halogens is 4. The van der Waals surface area contributed by atoms with Gasteiger partial charge in [0.25, 0.3) is 0 Å². The molecule has 0 N–H and O–H groups in total. The van der Waals surface area contributed by atoms with E-state index in [0.29, 0.717) is 16.9 Å². The maximum Gasteiger partial charge on any atom is 0.390 e. The molecule has 1 nitrogen and oxygen atoms in total. The molecule has 88 valence electrons. The predicted molar refractivity (Wildman–Crippen MR) is 56.1 cm³/mol. The number of nitrogens with zero attached hydrogens (tertiary/aromatic N) is 1. The Bertz CT molecular complexity index is 217. The lowest BCUT2D eigenvalue weighted by Crippen LogP contribution is -2.44. The third-order valence-electron chi connectivity index (χ3n) is 3.48. The Morgan fingerprint density at radius 1 is 1.13 bits per heavy atom. The smallest absolute Gasteiger partial charge is 0.297 e. The normalized spacial score (nSPS) is 37.2. The average Bonchev–Trinajstić information content (AvgIpc) is 2.33. The zero-order valence-electron chi connectivity index (χ0n) is 8.43. The average molecular weight is 286 g/mol. The van der Waals surface area contributed by atoms with Gasteiger partial charge in [0, 0.05) is 23.5 Å². The van der Waals surface area contributed by atoms with Crippen LogP contribution in [0.25, 0.3) is 0 Å². The standard InChI is InChI=1S/C10H15BrF3N/c11-7-5-8-1-2-9(6-7)15(8)4-3-10(12,13)14/h7-9H,1-6H2. The van der Waals surface area contributed by atoms with Crippen molar-refractivity contribution in [2.24, 2.45) is 0 Å². The van der Waals surface area contributed by atoms with Crippen molar-refractivity contribution >= 4 is 15.9 Å². The van der Waals surface area contributed by atoms with Gasteiger partial charge < -0.3 is 0 Å². The zero-order valence-corrected chi connectivity index (χ0v) is 10.0. The molecule has 0 saturated carbocycles. The van der Waals surface area contributed by atoms with E-state index in [9.17, 15) is 13.2 Å². The molecule has 0 aromatic rings. The molecule has 2 heterocycles. The summed E-state index contributed by atoms with van der Waals surface area (Å²) in [6.07, 6.45) is -0.504. The van der Waals surface area contributed by atoms with E-state index < -0.39 is 12.6 Å². The van der Waals surface area contributed by atoms with Gasteiger partial charge in [-0.3, -0.25) is 4.90 Å². The highest BCUT2D eigenvalue weighted by Gasteiger charge is 2.41. The van der Waals surface area contributed by atoms with Gasteiger partial charge in [0.2, 0.25) is 0 Å². The third kappa shape index (κ3) is 2.87. The molecule has 2 atom stereocenters. The summed E-state index contributed by atoms with van der Waals surface area (Å²) < 4.78 is 36.4. The highest BCUT2D eigenvalue weighted by molar-refractivity contribution is 9.09. The van der Waals surface area contributed by atoms with E-state index >= 15 is 0 Å². The third-order valence-corrected chi connectivity index (χ3v) is 4.23. The molecule has 0 aromatic heterocycles. The van der Waals surface area contributed by atoms with Crippen molar-refractivity contribution in [3.05, 3.63) is 0 Å². The molecule has 2 fully saturated rings. The van der Waals surface area contributed by atoms with Crippen LogP contribution in [0.4, 0.5) is 13.2 Å². The number of hydrogen-bond donors (Lipinski definition) is 0. The van der Waals surface area contributed by atoms with Crippen LogP contribution in [-0.4, -0.2) is 34.5 Å². The van der Waals surface area contributed by atoms with Crippen LogP contribution >= 0.6 is 15.9 Å². The molecule has 2 bridgehead atoms. The summed E-state index contributed by atoms with van der Waals surface area (Å²) >= 11 is 3.58. The molecular weight excluding hydrogens is 271 g/mol. The van der Waals surface area contributed by atoms with Crippen molar-refractivity contribution in [3.63, 3.8) is 0 Å². The van der Waals surface area contributed by atoms with Crippen molar-refractivity contribution < 1.29 is 13.2 Å². The first-order valence-electron chi connectivity index (χ1n) is 5.42. The second-order valence-electron chi connectivity index (χ2n) is 4.56. The van der Waals surface area contributed by atoms with E-state index in [4.69, 9.17) is 0 Å². The van der Waals surface area contributed by atoms with Gasteiger partial charge in [-0.1, -0.05) is 15.9 Å². The first-order valence-corrected chi connectivity index (χ1v) is 6.34. The van der Waals surface area contributed by atoms with Gasteiger partial charge in [0.15, 0.2) is 0 Å². The van der Waals surface area contributed by atoms with Crippen molar-refractivity contribution in [2.75, 3.05) is 6.54 Å². The van der Waals surface area contributed by atoms with E-state index in [2.05, 4.69) is 20.8 Å². The van der Waals surface area contributed by atoms with Crippen LogP contribution in [0.1, 0.15) is 32.1 Å².